The molecular formula is C10H16N2O. The minimum atomic E-state index is 0.332. The molecule has 3 nitrogen and oxygen atoms in total. The molecule has 0 radical (unpaired) electrons. The van der Waals surface area contributed by atoms with Crippen molar-refractivity contribution in [1.29, 1.82) is 0 Å². The van der Waals surface area contributed by atoms with Gasteiger partial charge in [-0.3, -0.25) is 0 Å². The quantitative estimate of drug-likeness (QED) is 0.768. The van der Waals surface area contributed by atoms with Gasteiger partial charge in [0.2, 0.25) is 5.88 Å². The Morgan fingerprint density at radius 3 is 2.69 bits per heavy atom. The van der Waals surface area contributed by atoms with Gasteiger partial charge in [-0.1, -0.05) is 0 Å². The van der Waals surface area contributed by atoms with Crippen molar-refractivity contribution in [2.75, 3.05) is 14.2 Å². The molecule has 0 unspecified atom stereocenters. The van der Waals surface area contributed by atoms with Crippen LogP contribution in [0.2, 0.25) is 0 Å². The SMILES string of the molecule is CN[C@@H](C)c1cnc(OC)cc1C. The molecule has 0 aromatic carbocycles. The lowest BCUT2D eigenvalue weighted by molar-refractivity contribution is 0.396. The Morgan fingerprint density at radius 2 is 2.23 bits per heavy atom. The van der Waals surface area contributed by atoms with Crippen LogP contribution in [0.25, 0.3) is 0 Å². The van der Waals surface area contributed by atoms with Crippen LogP contribution >= 0.6 is 0 Å². The van der Waals surface area contributed by atoms with Crippen molar-refractivity contribution >= 4 is 0 Å². The van der Waals surface area contributed by atoms with Crippen LogP contribution in [0.15, 0.2) is 12.3 Å². The highest BCUT2D eigenvalue weighted by Crippen LogP contribution is 2.19. The van der Waals surface area contributed by atoms with Gasteiger partial charge in [0.05, 0.1) is 7.11 Å². The predicted octanol–water partition coefficient (Wildman–Crippen LogP) is 1.68. The van der Waals surface area contributed by atoms with Gasteiger partial charge in [0.1, 0.15) is 0 Å². The highest BCUT2D eigenvalue weighted by atomic mass is 16.5. The summed E-state index contributed by atoms with van der Waals surface area (Å²) in [6.45, 7) is 4.17. The second-order valence-corrected chi connectivity index (χ2v) is 3.09. The Kier molecular flexibility index (Phi) is 3.25. The van der Waals surface area contributed by atoms with Crippen molar-refractivity contribution in [3.8, 4) is 5.88 Å². The average Bonchev–Trinajstić information content (AvgIpc) is 2.16. The van der Waals surface area contributed by atoms with Crippen molar-refractivity contribution in [3.05, 3.63) is 23.4 Å². The number of ether oxygens (including phenoxy) is 1. The summed E-state index contributed by atoms with van der Waals surface area (Å²) < 4.78 is 5.03. The molecule has 1 N–H and O–H groups in total. The van der Waals surface area contributed by atoms with Gasteiger partial charge in [-0.2, -0.15) is 0 Å². The van der Waals surface area contributed by atoms with Crippen LogP contribution in [0.5, 0.6) is 5.88 Å². The minimum Gasteiger partial charge on any atom is -0.481 e. The van der Waals surface area contributed by atoms with Gasteiger partial charge in [-0.05, 0) is 32.0 Å². The van der Waals surface area contributed by atoms with E-state index in [-0.39, 0.29) is 0 Å². The summed E-state index contributed by atoms with van der Waals surface area (Å²) in [6.07, 6.45) is 1.86. The molecule has 0 bridgehead atoms. The maximum atomic E-state index is 5.03. The molecule has 0 fully saturated rings. The number of hydrogen-bond acceptors (Lipinski definition) is 3. The first-order valence-electron chi connectivity index (χ1n) is 4.36. The van der Waals surface area contributed by atoms with E-state index in [2.05, 4.69) is 24.1 Å². The molecule has 0 saturated heterocycles. The zero-order chi connectivity index (χ0) is 9.84. The van der Waals surface area contributed by atoms with Gasteiger partial charge in [-0.25, -0.2) is 4.98 Å². The second kappa shape index (κ2) is 4.23. The number of pyridine rings is 1. The molecule has 0 spiro atoms. The first-order valence-corrected chi connectivity index (χ1v) is 4.36. The molecule has 3 heteroatoms. The lowest BCUT2D eigenvalue weighted by Crippen LogP contribution is -2.13. The summed E-state index contributed by atoms with van der Waals surface area (Å²) in [5.41, 5.74) is 2.41. The van der Waals surface area contributed by atoms with Crippen LogP contribution in [0.3, 0.4) is 0 Å². The monoisotopic (exact) mass is 180 g/mol. The van der Waals surface area contributed by atoms with Crippen LogP contribution < -0.4 is 10.1 Å². The first kappa shape index (κ1) is 9.99. The molecule has 0 saturated carbocycles. The fraction of sp³-hybridized carbons (Fsp3) is 0.500. The van der Waals surface area contributed by atoms with E-state index in [1.807, 2.05) is 19.3 Å². The van der Waals surface area contributed by atoms with E-state index in [4.69, 9.17) is 4.74 Å². The van der Waals surface area contributed by atoms with Crippen molar-refractivity contribution in [2.24, 2.45) is 0 Å². The molecule has 0 amide bonds. The third-order valence-electron chi connectivity index (χ3n) is 2.23. The molecule has 1 atom stereocenters. The predicted molar refractivity (Wildman–Crippen MR) is 53.0 cm³/mol. The van der Waals surface area contributed by atoms with Crippen molar-refractivity contribution in [3.63, 3.8) is 0 Å². The van der Waals surface area contributed by atoms with Crippen LogP contribution in [0, 0.1) is 6.92 Å². The van der Waals surface area contributed by atoms with Crippen molar-refractivity contribution < 1.29 is 4.74 Å². The number of nitrogens with zero attached hydrogens (tertiary/aromatic N) is 1. The number of rotatable bonds is 3. The average molecular weight is 180 g/mol. The van der Waals surface area contributed by atoms with Crippen LogP contribution in [-0.2, 0) is 0 Å². The van der Waals surface area contributed by atoms with Gasteiger partial charge in [0.15, 0.2) is 0 Å². The van der Waals surface area contributed by atoms with E-state index in [0.29, 0.717) is 11.9 Å². The van der Waals surface area contributed by atoms with E-state index in [0.717, 1.165) is 0 Å². The van der Waals surface area contributed by atoms with Gasteiger partial charge in [-0.15, -0.1) is 0 Å². The number of aryl methyl sites for hydroxylation is 1. The molecule has 1 heterocycles. The summed E-state index contributed by atoms with van der Waals surface area (Å²) in [7, 11) is 3.57. The van der Waals surface area contributed by atoms with E-state index in [1.165, 1.54) is 11.1 Å². The Bertz CT molecular complexity index is 286. The number of nitrogens with one attached hydrogen (secondary N) is 1. The maximum Gasteiger partial charge on any atom is 0.213 e. The standard InChI is InChI=1S/C10H16N2O/c1-7-5-10(13-4)12-6-9(7)8(2)11-3/h5-6,8,11H,1-4H3/t8-/m0/s1. The van der Waals surface area contributed by atoms with Gasteiger partial charge in [0.25, 0.3) is 0 Å². The number of aromatic nitrogens is 1. The van der Waals surface area contributed by atoms with Gasteiger partial charge >= 0.3 is 0 Å². The van der Waals surface area contributed by atoms with E-state index in [9.17, 15) is 0 Å². The topological polar surface area (TPSA) is 34.2 Å². The number of methoxy groups -OCH3 is 1. The molecule has 13 heavy (non-hydrogen) atoms. The molecule has 72 valence electrons. The normalized spacial score (nSPS) is 12.6. The Balaban J connectivity index is 2.98. The van der Waals surface area contributed by atoms with Crippen LogP contribution in [0.4, 0.5) is 0 Å². The van der Waals surface area contributed by atoms with Gasteiger partial charge < -0.3 is 10.1 Å². The first-order chi connectivity index (χ1) is 6.19. The van der Waals surface area contributed by atoms with Crippen molar-refractivity contribution in [1.82, 2.24) is 10.3 Å². The van der Waals surface area contributed by atoms with Crippen molar-refractivity contribution in [2.45, 2.75) is 19.9 Å². The Morgan fingerprint density at radius 1 is 1.54 bits per heavy atom. The summed E-state index contributed by atoms with van der Waals surface area (Å²) in [5, 5.41) is 3.18. The molecule has 1 aromatic rings. The lowest BCUT2D eigenvalue weighted by atomic mass is 10.1. The Hall–Kier alpha value is -1.09. The lowest BCUT2D eigenvalue weighted by Gasteiger charge is -2.13. The molecule has 0 aliphatic heterocycles. The largest absolute Gasteiger partial charge is 0.481 e. The molecular weight excluding hydrogens is 164 g/mol. The van der Waals surface area contributed by atoms with E-state index in [1.54, 1.807) is 7.11 Å². The third-order valence-corrected chi connectivity index (χ3v) is 2.23. The third kappa shape index (κ3) is 2.18. The van der Waals surface area contributed by atoms with Gasteiger partial charge in [0, 0.05) is 18.3 Å². The van der Waals surface area contributed by atoms with Crippen LogP contribution in [-0.4, -0.2) is 19.1 Å². The second-order valence-electron chi connectivity index (χ2n) is 3.09. The summed E-state index contributed by atoms with van der Waals surface area (Å²) >= 11 is 0. The number of hydrogen-bond donors (Lipinski definition) is 1. The molecule has 0 aliphatic rings. The highest BCUT2D eigenvalue weighted by Gasteiger charge is 2.07. The van der Waals surface area contributed by atoms with E-state index < -0.39 is 0 Å². The molecule has 0 aliphatic carbocycles. The summed E-state index contributed by atoms with van der Waals surface area (Å²) in [5.74, 6) is 0.671. The fourth-order valence-corrected chi connectivity index (χ4v) is 1.26. The highest BCUT2D eigenvalue weighted by molar-refractivity contribution is 5.30. The molecule has 1 rings (SSSR count). The van der Waals surface area contributed by atoms with E-state index >= 15 is 0 Å². The maximum absolute atomic E-state index is 5.03. The van der Waals surface area contributed by atoms with Crippen LogP contribution in [0.1, 0.15) is 24.1 Å². The summed E-state index contributed by atoms with van der Waals surface area (Å²) in [6, 6.07) is 2.28. The zero-order valence-electron chi connectivity index (χ0n) is 8.59. The molecule has 1 aromatic heterocycles. The zero-order valence-corrected chi connectivity index (χ0v) is 8.59. The Labute approximate surface area is 79.1 Å². The summed E-state index contributed by atoms with van der Waals surface area (Å²) in [4.78, 5) is 4.16. The fourth-order valence-electron chi connectivity index (χ4n) is 1.26. The minimum absolute atomic E-state index is 0.332. The smallest absolute Gasteiger partial charge is 0.213 e.